The molecule has 0 heterocycles. The molecule has 0 spiro atoms. The Bertz CT molecular complexity index is 554. The molecule has 8 heteroatoms. The van der Waals surface area contributed by atoms with Crippen molar-refractivity contribution in [2.45, 2.75) is 24.7 Å². The number of benzene rings is 1. The van der Waals surface area contributed by atoms with E-state index in [2.05, 4.69) is 11.9 Å². The Labute approximate surface area is 124 Å². The van der Waals surface area contributed by atoms with Gasteiger partial charge in [0.15, 0.2) is 6.10 Å². The minimum atomic E-state index is -4.52. The first-order chi connectivity index (χ1) is 10.2. The maximum atomic E-state index is 12.4. The van der Waals surface area contributed by atoms with E-state index < -0.39 is 35.8 Å². The smallest absolute Gasteiger partial charge is 0.416 e. The Balaban J connectivity index is 2.82. The van der Waals surface area contributed by atoms with Crippen LogP contribution in [-0.4, -0.2) is 28.1 Å². The highest BCUT2D eigenvalue weighted by Crippen LogP contribution is 2.29. The van der Waals surface area contributed by atoms with Crippen molar-refractivity contribution >= 4 is 11.9 Å². The number of rotatable bonds is 6. The lowest BCUT2D eigenvalue weighted by atomic mass is 10.1. The van der Waals surface area contributed by atoms with Gasteiger partial charge in [0.1, 0.15) is 6.04 Å². The summed E-state index contributed by atoms with van der Waals surface area (Å²) < 4.78 is 37.2. The predicted molar refractivity (Wildman–Crippen MR) is 70.8 cm³/mol. The van der Waals surface area contributed by atoms with E-state index in [1.165, 1.54) is 6.08 Å². The second-order valence-corrected chi connectivity index (χ2v) is 4.45. The molecule has 1 rings (SSSR count). The number of alkyl halides is 3. The van der Waals surface area contributed by atoms with Gasteiger partial charge in [-0.05, 0) is 24.1 Å². The SMILES string of the molecule is C=CC[C@@H](NC(=O)[C@H](O)c1ccc(C(F)(F)F)cc1)C(=O)O. The van der Waals surface area contributed by atoms with Crippen molar-refractivity contribution in [2.75, 3.05) is 0 Å². The van der Waals surface area contributed by atoms with Gasteiger partial charge in [-0.3, -0.25) is 4.79 Å². The number of nitrogens with one attached hydrogen (secondary N) is 1. The highest BCUT2D eigenvalue weighted by molar-refractivity contribution is 5.87. The minimum absolute atomic E-state index is 0.0548. The molecule has 0 aromatic heterocycles. The lowest BCUT2D eigenvalue weighted by molar-refractivity contribution is -0.143. The normalized spacial score (nSPS) is 14.0. The topological polar surface area (TPSA) is 86.6 Å². The van der Waals surface area contributed by atoms with Crippen LogP contribution in [-0.2, 0) is 15.8 Å². The van der Waals surface area contributed by atoms with Crippen LogP contribution in [0.4, 0.5) is 13.2 Å². The van der Waals surface area contributed by atoms with E-state index >= 15 is 0 Å². The van der Waals surface area contributed by atoms with E-state index in [0.717, 1.165) is 24.3 Å². The van der Waals surface area contributed by atoms with Gasteiger partial charge in [-0.1, -0.05) is 18.2 Å². The van der Waals surface area contributed by atoms with Gasteiger partial charge >= 0.3 is 12.1 Å². The Morgan fingerprint density at radius 3 is 2.23 bits per heavy atom. The van der Waals surface area contributed by atoms with Crippen LogP contribution in [0.1, 0.15) is 23.7 Å². The van der Waals surface area contributed by atoms with Crippen molar-refractivity contribution in [2.24, 2.45) is 0 Å². The number of amides is 1. The number of hydrogen-bond donors (Lipinski definition) is 3. The lowest BCUT2D eigenvalue weighted by Gasteiger charge is -2.16. The van der Waals surface area contributed by atoms with Crippen LogP contribution < -0.4 is 5.32 Å². The molecule has 1 amide bonds. The molecule has 0 saturated carbocycles. The average Bonchev–Trinajstić information content (AvgIpc) is 2.45. The summed E-state index contributed by atoms with van der Waals surface area (Å²) in [4.78, 5) is 22.6. The Hall–Kier alpha value is -2.35. The number of aliphatic hydroxyl groups excluding tert-OH is 1. The number of carboxylic acid groups (broad SMARTS) is 1. The first-order valence-electron chi connectivity index (χ1n) is 6.16. The van der Waals surface area contributed by atoms with E-state index in [1.54, 1.807) is 0 Å². The molecule has 0 aliphatic rings. The third-order valence-corrected chi connectivity index (χ3v) is 2.82. The predicted octanol–water partition coefficient (Wildman–Crippen LogP) is 1.88. The number of aliphatic carboxylic acids is 1. The molecular formula is C14H14F3NO4. The molecule has 120 valence electrons. The summed E-state index contributed by atoms with van der Waals surface area (Å²) in [5.41, 5.74) is -0.993. The van der Waals surface area contributed by atoms with Gasteiger partial charge in [-0.25, -0.2) is 4.79 Å². The molecule has 22 heavy (non-hydrogen) atoms. The van der Waals surface area contributed by atoms with Crippen molar-refractivity contribution in [1.29, 1.82) is 0 Å². The van der Waals surface area contributed by atoms with E-state index in [0.29, 0.717) is 0 Å². The number of carboxylic acids is 1. The highest BCUT2D eigenvalue weighted by atomic mass is 19.4. The summed E-state index contributed by atoms with van der Waals surface area (Å²) in [6, 6.07) is 2.09. The van der Waals surface area contributed by atoms with Crippen molar-refractivity contribution in [3.05, 3.63) is 48.0 Å². The van der Waals surface area contributed by atoms with Crippen molar-refractivity contribution in [3.63, 3.8) is 0 Å². The minimum Gasteiger partial charge on any atom is -0.480 e. The summed E-state index contributed by atoms with van der Waals surface area (Å²) in [5, 5.41) is 20.7. The van der Waals surface area contributed by atoms with Crippen molar-refractivity contribution < 1.29 is 33.0 Å². The van der Waals surface area contributed by atoms with Gasteiger partial charge < -0.3 is 15.5 Å². The van der Waals surface area contributed by atoms with Crippen LogP contribution in [0.5, 0.6) is 0 Å². The number of hydrogen-bond acceptors (Lipinski definition) is 3. The van der Waals surface area contributed by atoms with E-state index in [9.17, 15) is 27.9 Å². The van der Waals surface area contributed by atoms with Crippen LogP contribution in [0.2, 0.25) is 0 Å². The second-order valence-electron chi connectivity index (χ2n) is 4.45. The van der Waals surface area contributed by atoms with E-state index in [4.69, 9.17) is 5.11 Å². The maximum Gasteiger partial charge on any atom is 0.416 e. The van der Waals surface area contributed by atoms with Gasteiger partial charge in [0.25, 0.3) is 5.91 Å². The maximum absolute atomic E-state index is 12.4. The molecule has 2 atom stereocenters. The van der Waals surface area contributed by atoms with Gasteiger partial charge in [0.2, 0.25) is 0 Å². The molecule has 5 nitrogen and oxygen atoms in total. The summed E-state index contributed by atoms with van der Waals surface area (Å²) in [7, 11) is 0. The molecule has 1 aromatic carbocycles. The quantitative estimate of drug-likeness (QED) is 0.699. The third kappa shape index (κ3) is 4.59. The molecule has 0 fully saturated rings. The molecule has 0 aliphatic heterocycles. The summed E-state index contributed by atoms with van der Waals surface area (Å²) >= 11 is 0. The number of carbonyl (C=O) groups excluding carboxylic acids is 1. The van der Waals surface area contributed by atoms with Gasteiger partial charge in [-0.15, -0.1) is 6.58 Å². The first kappa shape index (κ1) is 17.7. The van der Waals surface area contributed by atoms with E-state index in [1.807, 2.05) is 0 Å². The molecule has 0 saturated heterocycles. The fourth-order valence-corrected chi connectivity index (χ4v) is 1.64. The molecule has 0 aliphatic carbocycles. The first-order valence-corrected chi connectivity index (χ1v) is 6.16. The standard InChI is InChI=1S/C14H14F3NO4/c1-2-3-10(13(21)22)18-12(20)11(19)8-4-6-9(7-5-8)14(15,16)17/h2,4-7,10-11,19H,1,3H2,(H,18,20)(H,21,22)/t10-,11-/m1/s1. The van der Waals surface area contributed by atoms with Crippen molar-refractivity contribution in [1.82, 2.24) is 5.32 Å². The molecule has 3 N–H and O–H groups in total. The summed E-state index contributed by atoms with van der Waals surface area (Å²) in [6.45, 7) is 3.34. The van der Waals surface area contributed by atoms with Crippen molar-refractivity contribution in [3.8, 4) is 0 Å². The molecule has 1 aromatic rings. The number of halogens is 3. The van der Waals surface area contributed by atoms with Crippen LogP contribution in [0, 0.1) is 0 Å². The number of aliphatic hydroxyl groups is 1. The second kappa shape index (κ2) is 7.08. The monoisotopic (exact) mass is 317 g/mol. The fraction of sp³-hybridized carbons (Fsp3) is 0.286. The zero-order valence-corrected chi connectivity index (χ0v) is 11.3. The van der Waals surface area contributed by atoms with Crippen LogP contribution in [0.15, 0.2) is 36.9 Å². The zero-order valence-electron chi connectivity index (χ0n) is 11.3. The van der Waals surface area contributed by atoms with Crippen LogP contribution >= 0.6 is 0 Å². The Kier molecular flexibility index (Phi) is 5.69. The number of carbonyl (C=O) groups is 2. The van der Waals surface area contributed by atoms with Gasteiger partial charge in [-0.2, -0.15) is 13.2 Å². The third-order valence-electron chi connectivity index (χ3n) is 2.82. The summed E-state index contributed by atoms with van der Waals surface area (Å²) in [6.07, 6.45) is -5.07. The van der Waals surface area contributed by atoms with E-state index in [-0.39, 0.29) is 12.0 Å². The summed E-state index contributed by atoms with van der Waals surface area (Å²) in [5.74, 6) is -2.33. The molecule has 0 bridgehead atoms. The van der Waals surface area contributed by atoms with Gasteiger partial charge in [0.05, 0.1) is 5.56 Å². The molecular weight excluding hydrogens is 303 g/mol. The van der Waals surface area contributed by atoms with Crippen LogP contribution in [0.25, 0.3) is 0 Å². The molecule has 0 unspecified atom stereocenters. The van der Waals surface area contributed by atoms with Crippen LogP contribution in [0.3, 0.4) is 0 Å². The molecule has 0 radical (unpaired) electrons. The average molecular weight is 317 g/mol. The zero-order chi connectivity index (χ0) is 16.9. The lowest BCUT2D eigenvalue weighted by Crippen LogP contribution is -2.42. The largest absolute Gasteiger partial charge is 0.480 e. The highest BCUT2D eigenvalue weighted by Gasteiger charge is 2.31. The fourth-order valence-electron chi connectivity index (χ4n) is 1.64. The Morgan fingerprint density at radius 1 is 1.27 bits per heavy atom. The Morgan fingerprint density at radius 2 is 1.82 bits per heavy atom. The van der Waals surface area contributed by atoms with Gasteiger partial charge in [0, 0.05) is 0 Å².